The van der Waals surface area contributed by atoms with Gasteiger partial charge in [0.2, 0.25) is 11.8 Å². The van der Waals surface area contributed by atoms with E-state index in [4.69, 9.17) is 4.74 Å². The summed E-state index contributed by atoms with van der Waals surface area (Å²) in [5.41, 5.74) is -2.22. The molecule has 1 N–H and O–H groups in total. The average Bonchev–Trinajstić information content (AvgIpc) is 3.13. The van der Waals surface area contributed by atoms with Crippen LogP contribution in [0.4, 0.5) is 11.4 Å². The molecule has 4 atom stereocenters. The van der Waals surface area contributed by atoms with Crippen LogP contribution in [0, 0.1) is 22.0 Å². The van der Waals surface area contributed by atoms with E-state index in [2.05, 4.69) is 0 Å². The fourth-order valence-electron chi connectivity index (χ4n) is 4.04. The first-order valence-electron chi connectivity index (χ1n) is 7.47. The van der Waals surface area contributed by atoms with Gasteiger partial charge in [-0.2, -0.15) is 0 Å². The summed E-state index contributed by atoms with van der Waals surface area (Å²) < 4.78 is 5.81. The van der Waals surface area contributed by atoms with Crippen LogP contribution in [0.25, 0.3) is 0 Å². The lowest BCUT2D eigenvalue weighted by atomic mass is 9.73. The number of non-ortho nitro benzene ring substituents is 1. The van der Waals surface area contributed by atoms with Crippen LogP contribution in [0.2, 0.25) is 0 Å². The molecule has 3 heterocycles. The smallest absolute Gasteiger partial charge is 0.271 e. The molecule has 2 amide bonds. The van der Waals surface area contributed by atoms with Crippen molar-refractivity contribution in [3.63, 3.8) is 0 Å². The maximum atomic E-state index is 12.9. The van der Waals surface area contributed by atoms with E-state index < -0.39 is 46.4 Å². The van der Waals surface area contributed by atoms with E-state index in [1.807, 2.05) is 0 Å². The number of nitro benzene ring substituents is 1. The molecule has 2 bridgehead atoms. The Morgan fingerprint density at radius 1 is 1.29 bits per heavy atom. The fourth-order valence-corrected chi connectivity index (χ4v) is 4.04. The first-order chi connectivity index (χ1) is 11.3. The molecule has 1 aromatic carbocycles. The average molecular weight is 330 g/mol. The van der Waals surface area contributed by atoms with Gasteiger partial charge in [0.25, 0.3) is 5.69 Å². The van der Waals surface area contributed by atoms with Gasteiger partial charge in [-0.05, 0) is 13.0 Å². The standard InChI is InChI=1S/C16H14N2O6/c1-15-5-6-16(8-19,24-15)12-11(15)13(20)17(14(12)21)9-3-2-4-10(7-9)18(22)23/h2-7,11-12,19H,8H2,1H3/t11-,12+,15-,16-/m0/s1. The van der Waals surface area contributed by atoms with Crippen molar-refractivity contribution < 1.29 is 24.4 Å². The second-order valence-electron chi connectivity index (χ2n) is 6.48. The third-order valence-electron chi connectivity index (χ3n) is 5.10. The number of hydrogen-bond acceptors (Lipinski definition) is 6. The topological polar surface area (TPSA) is 110 Å². The van der Waals surface area contributed by atoms with Crippen molar-refractivity contribution in [3.05, 3.63) is 46.5 Å². The monoisotopic (exact) mass is 330 g/mol. The Hall–Kier alpha value is -2.58. The van der Waals surface area contributed by atoms with Gasteiger partial charge in [-0.3, -0.25) is 19.7 Å². The van der Waals surface area contributed by atoms with Crippen LogP contribution in [0.5, 0.6) is 0 Å². The summed E-state index contributed by atoms with van der Waals surface area (Å²) in [7, 11) is 0. The molecule has 3 aliphatic rings. The molecule has 0 saturated carbocycles. The number of carbonyl (C=O) groups is 2. The number of aliphatic hydroxyl groups is 1. The normalized spacial score (nSPS) is 36.5. The Labute approximate surface area is 136 Å². The van der Waals surface area contributed by atoms with Crippen molar-refractivity contribution >= 4 is 23.2 Å². The minimum Gasteiger partial charge on any atom is -0.393 e. The molecular weight excluding hydrogens is 316 g/mol. The largest absolute Gasteiger partial charge is 0.393 e. The predicted molar refractivity (Wildman–Crippen MR) is 81.0 cm³/mol. The molecule has 2 saturated heterocycles. The Morgan fingerprint density at radius 2 is 2.00 bits per heavy atom. The third kappa shape index (κ3) is 1.64. The lowest BCUT2D eigenvalue weighted by molar-refractivity contribution is -0.384. The number of carbonyl (C=O) groups excluding carboxylic acids is 2. The van der Waals surface area contributed by atoms with Crippen molar-refractivity contribution in [1.29, 1.82) is 0 Å². The number of amides is 2. The van der Waals surface area contributed by atoms with Gasteiger partial charge in [-0.25, -0.2) is 4.90 Å². The number of imide groups is 1. The summed E-state index contributed by atoms with van der Waals surface area (Å²) in [6.45, 7) is 1.29. The summed E-state index contributed by atoms with van der Waals surface area (Å²) in [5.74, 6) is -2.55. The molecule has 8 nitrogen and oxygen atoms in total. The van der Waals surface area contributed by atoms with Crippen LogP contribution in [0.15, 0.2) is 36.4 Å². The zero-order valence-electron chi connectivity index (χ0n) is 12.7. The van der Waals surface area contributed by atoms with E-state index in [0.717, 1.165) is 4.90 Å². The van der Waals surface area contributed by atoms with Crippen LogP contribution in [0.1, 0.15) is 6.92 Å². The third-order valence-corrected chi connectivity index (χ3v) is 5.10. The molecular formula is C16H14N2O6. The SMILES string of the molecule is C[C@@]12C=C[C@@](CO)(O1)[C@H]1C(=O)N(c3cccc([N+](=O)[O-])c3)C(=O)[C@H]12. The molecule has 1 aromatic rings. The number of ether oxygens (including phenoxy) is 1. The Morgan fingerprint density at radius 3 is 2.67 bits per heavy atom. The lowest BCUT2D eigenvalue weighted by Crippen LogP contribution is -2.43. The van der Waals surface area contributed by atoms with Crippen molar-refractivity contribution in [2.45, 2.75) is 18.1 Å². The first-order valence-corrected chi connectivity index (χ1v) is 7.47. The molecule has 4 rings (SSSR count). The number of rotatable bonds is 3. The van der Waals surface area contributed by atoms with E-state index in [0.29, 0.717) is 0 Å². The summed E-state index contributed by atoms with van der Waals surface area (Å²) in [6.07, 6.45) is 3.34. The van der Waals surface area contributed by atoms with Crippen molar-refractivity contribution in [1.82, 2.24) is 0 Å². The van der Waals surface area contributed by atoms with Crippen LogP contribution in [0.3, 0.4) is 0 Å². The van der Waals surface area contributed by atoms with E-state index in [9.17, 15) is 24.8 Å². The number of benzene rings is 1. The summed E-state index contributed by atoms with van der Waals surface area (Å²) >= 11 is 0. The highest BCUT2D eigenvalue weighted by molar-refractivity contribution is 6.23. The second-order valence-corrected chi connectivity index (χ2v) is 6.48. The van der Waals surface area contributed by atoms with Gasteiger partial charge in [0.1, 0.15) is 5.60 Å². The molecule has 124 valence electrons. The zero-order chi connectivity index (χ0) is 17.3. The van der Waals surface area contributed by atoms with Crippen molar-refractivity contribution in [3.8, 4) is 0 Å². The Bertz CT molecular complexity index is 821. The van der Waals surface area contributed by atoms with Gasteiger partial charge < -0.3 is 9.84 Å². The minimum atomic E-state index is -1.21. The van der Waals surface area contributed by atoms with Gasteiger partial charge in [-0.15, -0.1) is 0 Å². The van der Waals surface area contributed by atoms with Gasteiger partial charge >= 0.3 is 0 Å². The molecule has 0 spiro atoms. The van der Waals surface area contributed by atoms with E-state index >= 15 is 0 Å². The summed E-state index contributed by atoms with van der Waals surface area (Å²) in [5, 5.41) is 20.7. The van der Waals surface area contributed by atoms with Crippen LogP contribution >= 0.6 is 0 Å². The maximum absolute atomic E-state index is 12.9. The maximum Gasteiger partial charge on any atom is 0.271 e. The second kappa shape index (κ2) is 4.49. The Balaban J connectivity index is 1.80. The predicted octanol–water partition coefficient (Wildman–Crippen LogP) is 0.790. The molecule has 0 radical (unpaired) electrons. The lowest BCUT2D eigenvalue weighted by Gasteiger charge is -2.26. The molecule has 8 heteroatoms. The van der Waals surface area contributed by atoms with Gasteiger partial charge in [0.05, 0.1) is 34.7 Å². The first kappa shape index (κ1) is 15.0. The van der Waals surface area contributed by atoms with Gasteiger partial charge in [-0.1, -0.05) is 18.2 Å². The Kier molecular flexibility index (Phi) is 2.80. The van der Waals surface area contributed by atoms with Gasteiger partial charge in [0, 0.05) is 12.1 Å². The number of hydrogen-bond donors (Lipinski definition) is 1. The molecule has 0 aliphatic carbocycles. The number of aliphatic hydroxyl groups excluding tert-OH is 1. The molecule has 24 heavy (non-hydrogen) atoms. The van der Waals surface area contributed by atoms with Crippen LogP contribution in [-0.4, -0.2) is 39.7 Å². The van der Waals surface area contributed by atoms with Crippen molar-refractivity contribution in [2.75, 3.05) is 11.5 Å². The van der Waals surface area contributed by atoms with Crippen LogP contribution < -0.4 is 4.90 Å². The highest BCUT2D eigenvalue weighted by atomic mass is 16.6. The van der Waals surface area contributed by atoms with Crippen molar-refractivity contribution in [2.24, 2.45) is 11.8 Å². The molecule has 2 fully saturated rings. The van der Waals surface area contributed by atoms with Gasteiger partial charge in [0.15, 0.2) is 0 Å². The number of nitro groups is 1. The number of anilines is 1. The summed E-state index contributed by atoms with van der Waals surface area (Å²) in [6, 6.07) is 5.39. The van der Waals surface area contributed by atoms with E-state index in [-0.39, 0.29) is 11.4 Å². The summed E-state index contributed by atoms with van der Waals surface area (Å²) in [4.78, 5) is 37.1. The number of nitrogens with zero attached hydrogens (tertiary/aromatic N) is 2. The molecule has 0 aromatic heterocycles. The van der Waals surface area contributed by atoms with E-state index in [1.165, 1.54) is 24.3 Å². The van der Waals surface area contributed by atoms with E-state index in [1.54, 1.807) is 19.1 Å². The highest BCUT2D eigenvalue weighted by Crippen LogP contribution is 2.57. The van der Waals surface area contributed by atoms with Crippen LogP contribution in [-0.2, 0) is 14.3 Å². The quantitative estimate of drug-likeness (QED) is 0.380. The fraction of sp³-hybridized carbons (Fsp3) is 0.375. The highest BCUT2D eigenvalue weighted by Gasteiger charge is 2.72. The number of fused-ring (bicyclic) bond motifs is 5. The minimum absolute atomic E-state index is 0.157. The zero-order valence-corrected chi connectivity index (χ0v) is 12.7. The molecule has 3 aliphatic heterocycles. The molecule has 0 unspecified atom stereocenters.